The van der Waals surface area contributed by atoms with Gasteiger partial charge in [0.05, 0.1) is 12.9 Å². The molecular formula is C5H9BrO. The molecule has 0 saturated heterocycles. The van der Waals surface area contributed by atoms with Crippen molar-refractivity contribution in [3.63, 3.8) is 0 Å². The highest BCUT2D eigenvalue weighted by atomic mass is 79.9. The molecule has 0 fully saturated rings. The Kier molecular flexibility index (Phi) is 4.20. The predicted octanol–water partition coefficient (Wildman–Crippen LogP) is 2.28. The quantitative estimate of drug-likeness (QED) is 0.570. The highest BCUT2D eigenvalue weighted by Gasteiger charge is 1.73. The zero-order valence-electron chi connectivity index (χ0n) is 4.57. The topological polar surface area (TPSA) is 9.23 Å². The largest absolute Gasteiger partial charge is 0.501 e. The second kappa shape index (κ2) is 4.19. The predicted molar refractivity (Wildman–Crippen MR) is 34.3 cm³/mol. The Morgan fingerprint density at radius 3 is 2.57 bits per heavy atom. The Balaban J connectivity index is 3.08. The Hall–Kier alpha value is 0.0200. The van der Waals surface area contributed by atoms with E-state index in [9.17, 15) is 0 Å². The molecule has 0 amide bonds. The molecule has 0 heterocycles. The molecule has 0 aliphatic carbocycles. The summed E-state index contributed by atoms with van der Waals surface area (Å²) in [6.07, 6.45) is 1.68. The summed E-state index contributed by atoms with van der Waals surface area (Å²) in [6.45, 7) is 4.62. The van der Waals surface area contributed by atoms with E-state index < -0.39 is 0 Å². The van der Waals surface area contributed by atoms with Crippen molar-refractivity contribution in [1.29, 1.82) is 0 Å². The van der Waals surface area contributed by atoms with Crippen LogP contribution in [0.25, 0.3) is 0 Å². The molecule has 42 valence electrons. The first kappa shape index (κ1) is 7.02. The molecule has 0 aromatic rings. The van der Waals surface area contributed by atoms with E-state index in [0.717, 1.165) is 11.1 Å². The molecule has 0 aromatic heterocycles. The van der Waals surface area contributed by atoms with Crippen LogP contribution in [0.4, 0.5) is 0 Å². The van der Waals surface area contributed by atoms with Crippen LogP contribution in [0.3, 0.4) is 0 Å². The molecule has 0 radical (unpaired) electrons. The van der Waals surface area contributed by atoms with E-state index >= 15 is 0 Å². The Labute approximate surface area is 52.5 Å². The van der Waals surface area contributed by atoms with E-state index in [-0.39, 0.29) is 0 Å². The lowest BCUT2D eigenvalue weighted by Gasteiger charge is -1.90. The molecule has 1 nitrogen and oxygen atoms in total. The van der Waals surface area contributed by atoms with Gasteiger partial charge in [-0.15, -0.1) is 0 Å². The minimum absolute atomic E-state index is 0.739. The van der Waals surface area contributed by atoms with Crippen LogP contribution in [0.15, 0.2) is 10.7 Å². The van der Waals surface area contributed by atoms with Crippen molar-refractivity contribution in [2.24, 2.45) is 0 Å². The SMILES string of the molecule is CCO/C=C(\C)Br. The van der Waals surface area contributed by atoms with Gasteiger partial charge < -0.3 is 4.74 Å². The first-order chi connectivity index (χ1) is 3.27. The summed E-state index contributed by atoms with van der Waals surface area (Å²) < 4.78 is 5.91. The lowest BCUT2D eigenvalue weighted by atomic mass is 10.7. The second-order valence-electron chi connectivity index (χ2n) is 1.16. The van der Waals surface area contributed by atoms with Gasteiger partial charge in [-0.25, -0.2) is 0 Å². The minimum atomic E-state index is 0.739. The Bertz CT molecular complexity index is 64.5. The molecule has 0 bridgehead atoms. The van der Waals surface area contributed by atoms with Crippen LogP contribution in [0.2, 0.25) is 0 Å². The first-order valence-corrected chi connectivity index (χ1v) is 3.00. The summed E-state index contributed by atoms with van der Waals surface area (Å²) in [7, 11) is 0. The molecule has 0 aromatic carbocycles. The number of rotatable bonds is 2. The molecule has 0 aliphatic rings. The van der Waals surface area contributed by atoms with Crippen LogP contribution in [-0.4, -0.2) is 6.61 Å². The van der Waals surface area contributed by atoms with Crippen LogP contribution in [0, 0.1) is 0 Å². The molecule has 0 spiro atoms. The number of hydrogen-bond donors (Lipinski definition) is 0. The Morgan fingerprint density at radius 1 is 1.86 bits per heavy atom. The molecular weight excluding hydrogens is 156 g/mol. The summed E-state index contributed by atoms with van der Waals surface area (Å²) >= 11 is 3.21. The molecule has 0 N–H and O–H groups in total. The van der Waals surface area contributed by atoms with Crippen LogP contribution < -0.4 is 0 Å². The zero-order valence-corrected chi connectivity index (χ0v) is 6.16. The maximum atomic E-state index is 4.89. The van der Waals surface area contributed by atoms with E-state index in [4.69, 9.17) is 4.74 Å². The van der Waals surface area contributed by atoms with E-state index in [1.54, 1.807) is 6.26 Å². The van der Waals surface area contributed by atoms with Gasteiger partial charge in [0.25, 0.3) is 0 Å². The van der Waals surface area contributed by atoms with Gasteiger partial charge >= 0.3 is 0 Å². The first-order valence-electron chi connectivity index (χ1n) is 2.21. The van der Waals surface area contributed by atoms with E-state index in [1.807, 2.05) is 13.8 Å². The molecule has 0 aliphatic heterocycles. The van der Waals surface area contributed by atoms with Gasteiger partial charge in [-0.1, -0.05) is 15.9 Å². The summed E-state index contributed by atoms with van der Waals surface area (Å²) in [5.41, 5.74) is 0. The maximum Gasteiger partial charge on any atom is 0.0927 e. The van der Waals surface area contributed by atoms with Crippen LogP contribution >= 0.6 is 15.9 Å². The van der Waals surface area contributed by atoms with Gasteiger partial charge in [-0.2, -0.15) is 0 Å². The van der Waals surface area contributed by atoms with Crippen molar-refractivity contribution in [2.75, 3.05) is 6.61 Å². The lowest BCUT2D eigenvalue weighted by Crippen LogP contribution is -1.75. The highest BCUT2D eigenvalue weighted by Crippen LogP contribution is 2.00. The van der Waals surface area contributed by atoms with Crippen LogP contribution in [0.5, 0.6) is 0 Å². The summed E-state index contributed by atoms with van der Waals surface area (Å²) in [4.78, 5) is 0. The molecule has 7 heavy (non-hydrogen) atoms. The Morgan fingerprint density at radius 2 is 2.43 bits per heavy atom. The number of allylic oxidation sites excluding steroid dienone is 1. The molecule has 0 rings (SSSR count). The van der Waals surface area contributed by atoms with E-state index in [2.05, 4.69) is 15.9 Å². The molecule has 2 heteroatoms. The normalized spacial score (nSPS) is 11.6. The van der Waals surface area contributed by atoms with Gasteiger partial charge in [0.2, 0.25) is 0 Å². The van der Waals surface area contributed by atoms with Crippen molar-refractivity contribution < 1.29 is 4.74 Å². The van der Waals surface area contributed by atoms with Crippen molar-refractivity contribution in [3.8, 4) is 0 Å². The van der Waals surface area contributed by atoms with Crippen molar-refractivity contribution in [3.05, 3.63) is 10.7 Å². The number of ether oxygens (including phenoxy) is 1. The monoisotopic (exact) mass is 164 g/mol. The molecule has 0 saturated carbocycles. The van der Waals surface area contributed by atoms with Gasteiger partial charge in [-0.05, 0) is 13.8 Å². The fourth-order valence-corrected chi connectivity index (χ4v) is 0.330. The maximum absolute atomic E-state index is 4.89. The van der Waals surface area contributed by atoms with Crippen molar-refractivity contribution in [2.45, 2.75) is 13.8 Å². The van der Waals surface area contributed by atoms with Crippen LogP contribution in [-0.2, 0) is 4.74 Å². The second-order valence-corrected chi connectivity index (χ2v) is 2.41. The molecule has 0 unspecified atom stereocenters. The zero-order chi connectivity index (χ0) is 5.70. The fraction of sp³-hybridized carbons (Fsp3) is 0.600. The minimum Gasteiger partial charge on any atom is -0.501 e. The van der Waals surface area contributed by atoms with Gasteiger partial charge in [0.15, 0.2) is 0 Å². The van der Waals surface area contributed by atoms with E-state index in [1.165, 1.54) is 0 Å². The fourth-order valence-electron chi connectivity index (χ4n) is 0.198. The number of halogens is 1. The van der Waals surface area contributed by atoms with Gasteiger partial charge in [0, 0.05) is 4.48 Å². The molecule has 0 atom stereocenters. The third kappa shape index (κ3) is 6.02. The summed E-state index contributed by atoms with van der Waals surface area (Å²) in [6, 6.07) is 0. The van der Waals surface area contributed by atoms with Gasteiger partial charge in [0.1, 0.15) is 0 Å². The lowest BCUT2D eigenvalue weighted by molar-refractivity contribution is 0.268. The average Bonchev–Trinajstić information content (AvgIpc) is 1.61. The summed E-state index contributed by atoms with van der Waals surface area (Å²) in [5, 5.41) is 0. The van der Waals surface area contributed by atoms with Gasteiger partial charge in [-0.3, -0.25) is 0 Å². The standard InChI is InChI=1S/C5H9BrO/c1-3-7-4-5(2)6/h4H,3H2,1-2H3/b5-4+. The average molecular weight is 165 g/mol. The third-order valence-electron chi connectivity index (χ3n) is 0.412. The summed E-state index contributed by atoms with van der Waals surface area (Å²) in [5.74, 6) is 0. The van der Waals surface area contributed by atoms with Crippen molar-refractivity contribution in [1.82, 2.24) is 0 Å². The highest BCUT2D eigenvalue weighted by molar-refractivity contribution is 9.11. The van der Waals surface area contributed by atoms with Crippen LogP contribution in [0.1, 0.15) is 13.8 Å². The third-order valence-corrected chi connectivity index (χ3v) is 0.599. The smallest absolute Gasteiger partial charge is 0.0927 e. The van der Waals surface area contributed by atoms with Crippen molar-refractivity contribution >= 4 is 15.9 Å². The number of hydrogen-bond acceptors (Lipinski definition) is 1. The van der Waals surface area contributed by atoms with E-state index in [0.29, 0.717) is 0 Å².